The molecule has 0 unspecified atom stereocenters. The molecule has 2 aromatic carbocycles. The van der Waals surface area contributed by atoms with Gasteiger partial charge in [0, 0.05) is 12.3 Å². The molecule has 0 saturated carbocycles. The van der Waals surface area contributed by atoms with Gasteiger partial charge in [0.25, 0.3) is 0 Å². The predicted molar refractivity (Wildman–Crippen MR) is 88.4 cm³/mol. The van der Waals surface area contributed by atoms with E-state index in [-0.39, 0.29) is 5.97 Å². The van der Waals surface area contributed by atoms with E-state index in [0.29, 0.717) is 11.3 Å². The first kappa shape index (κ1) is 14.0. The van der Waals surface area contributed by atoms with Crippen LogP contribution in [0.15, 0.2) is 60.7 Å². The summed E-state index contributed by atoms with van der Waals surface area (Å²) in [6.45, 7) is 1.39. The van der Waals surface area contributed by atoms with Crippen molar-refractivity contribution in [3.63, 3.8) is 0 Å². The summed E-state index contributed by atoms with van der Waals surface area (Å²) in [5, 5.41) is 0.940. The molecule has 1 heterocycles. The molecule has 108 valence electrons. The molecule has 0 N–H and O–H groups in total. The van der Waals surface area contributed by atoms with Crippen LogP contribution in [0.1, 0.15) is 18.2 Å². The number of hydrogen-bond acceptors (Lipinski definition) is 3. The van der Waals surface area contributed by atoms with Gasteiger partial charge in [-0.05, 0) is 23.8 Å². The van der Waals surface area contributed by atoms with Crippen LogP contribution in [0.3, 0.4) is 0 Å². The summed E-state index contributed by atoms with van der Waals surface area (Å²) in [5.74, 6) is 0.138. The molecule has 22 heavy (non-hydrogen) atoms. The Morgan fingerprint density at radius 1 is 0.955 bits per heavy atom. The van der Waals surface area contributed by atoms with E-state index in [1.807, 2.05) is 66.7 Å². The van der Waals surface area contributed by atoms with E-state index in [4.69, 9.17) is 4.74 Å². The van der Waals surface area contributed by atoms with Gasteiger partial charge in [0.1, 0.15) is 5.52 Å². The number of esters is 1. The molecule has 0 aliphatic heterocycles. The first-order valence-electron chi connectivity index (χ1n) is 7.04. The number of nitrogens with zero attached hydrogens (tertiary/aromatic N) is 1. The lowest BCUT2D eigenvalue weighted by Crippen LogP contribution is -2.02. The van der Waals surface area contributed by atoms with Crippen LogP contribution in [-0.2, 0) is 4.79 Å². The standard InChI is InChI=1S/C19H15NO2/c1-14(21)22-18-9-5-8-16-11-13-17(20-19(16)18)12-10-15-6-3-2-4-7-15/h2-13H,1H3/b12-10+. The Morgan fingerprint density at radius 3 is 2.55 bits per heavy atom. The van der Waals surface area contributed by atoms with Crippen molar-refractivity contribution in [3.05, 3.63) is 71.9 Å². The second-order valence-electron chi connectivity index (χ2n) is 4.90. The fourth-order valence-electron chi connectivity index (χ4n) is 2.21. The van der Waals surface area contributed by atoms with Crippen molar-refractivity contribution in [3.8, 4) is 5.75 Å². The van der Waals surface area contributed by atoms with Gasteiger partial charge in [-0.15, -0.1) is 0 Å². The second-order valence-corrected chi connectivity index (χ2v) is 4.90. The maximum atomic E-state index is 11.2. The molecule has 0 radical (unpaired) electrons. The van der Waals surface area contributed by atoms with Crippen LogP contribution in [0.4, 0.5) is 0 Å². The number of fused-ring (bicyclic) bond motifs is 1. The zero-order valence-electron chi connectivity index (χ0n) is 12.2. The lowest BCUT2D eigenvalue weighted by atomic mass is 10.1. The summed E-state index contributed by atoms with van der Waals surface area (Å²) in [6, 6.07) is 19.5. The molecule has 0 amide bonds. The summed E-state index contributed by atoms with van der Waals surface area (Å²) in [5.41, 5.74) is 2.61. The van der Waals surface area contributed by atoms with Gasteiger partial charge in [0.2, 0.25) is 0 Å². The molecule has 0 aliphatic rings. The third kappa shape index (κ3) is 3.20. The van der Waals surface area contributed by atoms with Crippen LogP contribution in [0.2, 0.25) is 0 Å². The van der Waals surface area contributed by atoms with Gasteiger partial charge < -0.3 is 4.74 Å². The summed E-state index contributed by atoms with van der Waals surface area (Å²) >= 11 is 0. The zero-order valence-corrected chi connectivity index (χ0v) is 12.2. The zero-order chi connectivity index (χ0) is 15.4. The smallest absolute Gasteiger partial charge is 0.308 e. The van der Waals surface area contributed by atoms with Crippen molar-refractivity contribution in [2.24, 2.45) is 0 Å². The Kier molecular flexibility index (Phi) is 3.97. The molecule has 1 aromatic heterocycles. The molecule has 0 fully saturated rings. The minimum atomic E-state index is -0.348. The van der Waals surface area contributed by atoms with Crippen LogP contribution >= 0.6 is 0 Å². The minimum Gasteiger partial charge on any atom is -0.424 e. The first-order chi connectivity index (χ1) is 10.7. The van der Waals surface area contributed by atoms with Gasteiger partial charge in [-0.2, -0.15) is 0 Å². The number of hydrogen-bond donors (Lipinski definition) is 0. The van der Waals surface area contributed by atoms with Gasteiger partial charge in [0.05, 0.1) is 5.69 Å². The summed E-state index contributed by atoms with van der Waals surface area (Å²) in [7, 11) is 0. The summed E-state index contributed by atoms with van der Waals surface area (Å²) in [6.07, 6.45) is 3.95. The predicted octanol–water partition coefficient (Wildman–Crippen LogP) is 4.33. The van der Waals surface area contributed by atoms with Crippen LogP contribution < -0.4 is 4.74 Å². The molecular weight excluding hydrogens is 274 g/mol. The van der Waals surface area contributed by atoms with Crippen LogP contribution in [-0.4, -0.2) is 11.0 Å². The van der Waals surface area contributed by atoms with Crippen molar-refractivity contribution < 1.29 is 9.53 Å². The lowest BCUT2D eigenvalue weighted by Gasteiger charge is -2.05. The molecule has 3 heteroatoms. The Morgan fingerprint density at radius 2 is 1.77 bits per heavy atom. The third-order valence-electron chi connectivity index (χ3n) is 3.20. The van der Waals surface area contributed by atoms with E-state index in [0.717, 1.165) is 16.6 Å². The van der Waals surface area contributed by atoms with Gasteiger partial charge in [-0.3, -0.25) is 4.79 Å². The highest BCUT2D eigenvalue weighted by Gasteiger charge is 2.06. The van der Waals surface area contributed by atoms with Crippen molar-refractivity contribution in [1.82, 2.24) is 4.98 Å². The van der Waals surface area contributed by atoms with Crippen molar-refractivity contribution in [2.45, 2.75) is 6.92 Å². The van der Waals surface area contributed by atoms with Gasteiger partial charge >= 0.3 is 5.97 Å². The molecule has 0 saturated heterocycles. The van der Waals surface area contributed by atoms with Crippen molar-refractivity contribution in [1.29, 1.82) is 0 Å². The number of rotatable bonds is 3. The Labute approximate surface area is 128 Å². The van der Waals surface area contributed by atoms with E-state index in [1.165, 1.54) is 6.92 Å². The number of pyridine rings is 1. The Bertz CT molecular complexity index is 838. The van der Waals surface area contributed by atoms with Gasteiger partial charge in [-0.1, -0.05) is 54.6 Å². The molecule has 0 aliphatic carbocycles. The number of ether oxygens (including phenoxy) is 1. The monoisotopic (exact) mass is 289 g/mol. The molecule has 0 spiro atoms. The fourth-order valence-corrected chi connectivity index (χ4v) is 2.21. The fraction of sp³-hybridized carbons (Fsp3) is 0.0526. The largest absolute Gasteiger partial charge is 0.424 e. The van der Waals surface area contributed by atoms with E-state index in [9.17, 15) is 4.79 Å². The number of para-hydroxylation sites is 1. The quantitative estimate of drug-likeness (QED) is 0.532. The van der Waals surface area contributed by atoms with E-state index in [1.54, 1.807) is 6.07 Å². The van der Waals surface area contributed by atoms with Crippen molar-refractivity contribution >= 4 is 29.0 Å². The molecular formula is C19H15NO2. The van der Waals surface area contributed by atoms with Crippen LogP contribution in [0.5, 0.6) is 5.75 Å². The molecule has 3 nitrogen and oxygen atoms in total. The van der Waals surface area contributed by atoms with Crippen LogP contribution in [0.25, 0.3) is 23.1 Å². The van der Waals surface area contributed by atoms with Gasteiger partial charge in [-0.25, -0.2) is 4.98 Å². The maximum absolute atomic E-state index is 11.2. The summed E-state index contributed by atoms with van der Waals surface area (Å²) in [4.78, 5) is 15.8. The van der Waals surface area contributed by atoms with E-state index in [2.05, 4.69) is 4.98 Å². The summed E-state index contributed by atoms with van der Waals surface area (Å²) < 4.78 is 5.22. The molecule has 3 rings (SSSR count). The highest BCUT2D eigenvalue weighted by molar-refractivity contribution is 5.88. The number of carbonyl (C=O) groups is 1. The average molecular weight is 289 g/mol. The maximum Gasteiger partial charge on any atom is 0.308 e. The highest BCUT2D eigenvalue weighted by Crippen LogP contribution is 2.24. The number of aromatic nitrogens is 1. The molecule has 0 atom stereocenters. The van der Waals surface area contributed by atoms with Crippen LogP contribution in [0, 0.1) is 0 Å². The molecule has 0 bridgehead atoms. The van der Waals surface area contributed by atoms with Crippen molar-refractivity contribution in [2.75, 3.05) is 0 Å². The normalized spacial score (nSPS) is 11.0. The molecule has 3 aromatic rings. The Balaban J connectivity index is 1.98. The third-order valence-corrected chi connectivity index (χ3v) is 3.20. The van der Waals surface area contributed by atoms with Gasteiger partial charge in [0.15, 0.2) is 5.75 Å². The first-order valence-corrected chi connectivity index (χ1v) is 7.04. The lowest BCUT2D eigenvalue weighted by molar-refractivity contribution is -0.131. The van der Waals surface area contributed by atoms with E-state index >= 15 is 0 Å². The second kappa shape index (κ2) is 6.22. The minimum absolute atomic E-state index is 0.348. The highest BCUT2D eigenvalue weighted by atomic mass is 16.5. The SMILES string of the molecule is CC(=O)Oc1cccc2ccc(/C=C/c3ccccc3)nc12. The topological polar surface area (TPSA) is 39.2 Å². The Hall–Kier alpha value is -2.94. The average Bonchev–Trinajstić information content (AvgIpc) is 2.54. The number of benzene rings is 2. The van der Waals surface area contributed by atoms with E-state index < -0.39 is 0 Å². The number of carbonyl (C=O) groups excluding carboxylic acids is 1.